The Morgan fingerprint density at radius 1 is 1.00 bits per heavy atom. The lowest BCUT2D eigenvalue weighted by Crippen LogP contribution is -2.25. The number of hydrogen-bond donors (Lipinski definition) is 1. The number of amides is 1. The third-order valence-electron chi connectivity index (χ3n) is 3.86. The maximum Gasteiger partial charge on any atom is 0.256 e. The summed E-state index contributed by atoms with van der Waals surface area (Å²) in [6.45, 7) is 0.340. The number of aromatic nitrogens is 4. The van der Waals surface area contributed by atoms with Crippen LogP contribution in [0, 0.1) is 0 Å². The second kappa shape index (κ2) is 7.61. The molecule has 4 aromatic rings. The van der Waals surface area contributed by atoms with Crippen molar-refractivity contribution in [3.63, 3.8) is 0 Å². The van der Waals surface area contributed by atoms with E-state index >= 15 is 0 Å². The maximum absolute atomic E-state index is 12.4. The molecule has 8 nitrogen and oxygen atoms in total. The summed E-state index contributed by atoms with van der Waals surface area (Å²) in [5, 5.41) is 10.5. The molecule has 0 atom stereocenters. The van der Waals surface area contributed by atoms with Crippen LogP contribution in [0.1, 0.15) is 16.2 Å². The zero-order chi connectivity index (χ0) is 18.5. The van der Waals surface area contributed by atoms with E-state index in [1.54, 1.807) is 18.5 Å². The molecule has 0 unspecified atom stereocenters. The molecule has 8 heteroatoms. The molecule has 3 heterocycles. The van der Waals surface area contributed by atoms with Crippen LogP contribution in [-0.2, 0) is 6.42 Å². The number of rotatable bonds is 6. The van der Waals surface area contributed by atoms with Gasteiger partial charge in [-0.15, -0.1) is 0 Å². The fourth-order valence-corrected chi connectivity index (χ4v) is 2.55. The molecule has 0 bridgehead atoms. The summed E-state index contributed by atoms with van der Waals surface area (Å²) in [6, 6.07) is 13.0. The van der Waals surface area contributed by atoms with Gasteiger partial charge >= 0.3 is 0 Å². The second-order valence-electron chi connectivity index (χ2n) is 5.69. The first-order valence-corrected chi connectivity index (χ1v) is 8.32. The van der Waals surface area contributed by atoms with Crippen molar-refractivity contribution in [2.24, 2.45) is 0 Å². The minimum Gasteiger partial charge on any atom is -0.355 e. The van der Waals surface area contributed by atoms with Crippen LogP contribution in [0.25, 0.3) is 22.7 Å². The number of pyridine rings is 1. The molecule has 4 rings (SSSR count). The van der Waals surface area contributed by atoms with Gasteiger partial charge in [0.15, 0.2) is 5.76 Å². The van der Waals surface area contributed by atoms with Crippen LogP contribution in [0.3, 0.4) is 0 Å². The number of hydrogen-bond acceptors (Lipinski definition) is 7. The Bertz CT molecular complexity index is 1030. The normalized spacial score (nSPS) is 10.7. The molecule has 3 aromatic heterocycles. The van der Waals surface area contributed by atoms with Crippen molar-refractivity contribution in [1.29, 1.82) is 0 Å². The summed E-state index contributed by atoms with van der Waals surface area (Å²) in [5.74, 6) is 1.06. The summed E-state index contributed by atoms with van der Waals surface area (Å²) in [6.07, 6.45) is 5.15. The fourth-order valence-electron chi connectivity index (χ4n) is 2.55. The van der Waals surface area contributed by atoms with Gasteiger partial charge in [0, 0.05) is 36.5 Å². The van der Waals surface area contributed by atoms with E-state index in [0.717, 1.165) is 11.1 Å². The predicted molar refractivity (Wildman–Crippen MR) is 95.5 cm³/mol. The lowest BCUT2D eigenvalue weighted by molar-refractivity contribution is 0.0953. The molecule has 0 saturated heterocycles. The van der Waals surface area contributed by atoms with E-state index in [2.05, 4.69) is 25.6 Å². The molecule has 1 N–H and O–H groups in total. The van der Waals surface area contributed by atoms with Gasteiger partial charge in [-0.1, -0.05) is 40.6 Å². The molecule has 0 saturated carbocycles. The number of carbonyl (C=O) groups excluding carboxylic acids is 1. The molecular weight excluding hydrogens is 346 g/mol. The summed E-state index contributed by atoms with van der Waals surface area (Å²) >= 11 is 0. The summed E-state index contributed by atoms with van der Waals surface area (Å²) in [5.41, 5.74) is 1.94. The largest absolute Gasteiger partial charge is 0.355 e. The highest BCUT2D eigenvalue weighted by molar-refractivity contribution is 5.99. The van der Waals surface area contributed by atoms with Crippen LogP contribution in [0.4, 0.5) is 0 Å². The van der Waals surface area contributed by atoms with Crippen LogP contribution < -0.4 is 5.32 Å². The fraction of sp³-hybridized carbons (Fsp3) is 0.105. The average molecular weight is 361 g/mol. The van der Waals surface area contributed by atoms with Crippen molar-refractivity contribution in [2.75, 3.05) is 6.54 Å². The van der Waals surface area contributed by atoms with Crippen LogP contribution >= 0.6 is 0 Å². The monoisotopic (exact) mass is 361 g/mol. The molecule has 0 fully saturated rings. The Morgan fingerprint density at radius 2 is 1.85 bits per heavy atom. The van der Waals surface area contributed by atoms with Crippen LogP contribution in [-0.4, -0.2) is 32.7 Å². The molecule has 0 radical (unpaired) electrons. The number of carbonyl (C=O) groups is 1. The van der Waals surface area contributed by atoms with Gasteiger partial charge in [0.25, 0.3) is 5.91 Å². The Balaban J connectivity index is 1.37. The van der Waals surface area contributed by atoms with E-state index in [4.69, 9.17) is 9.05 Å². The van der Waals surface area contributed by atoms with Gasteiger partial charge in [-0.2, -0.15) is 4.98 Å². The molecule has 134 valence electrons. The number of nitrogens with one attached hydrogen (secondary N) is 1. The van der Waals surface area contributed by atoms with Crippen LogP contribution in [0.5, 0.6) is 0 Å². The molecule has 27 heavy (non-hydrogen) atoms. The Morgan fingerprint density at radius 3 is 2.67 bits per heavy atom. The van der Waals surface area contributed by atoms with Crippen molar-refractivity contribution in [3.8, 4) is 22.7 Å². The molecule has 0 spiro atoms. The third-order valence-corrected chi connectivity index (χ3v) is 3.86. The first kappa shape index (κ1) is 16.6. The number of nitrogens with zero attached hydrogens (tertiary/aromatic N) is 4. The molecule has 0 aliphatic heterocycles. The van der Waals surface area contributed by atoms with E-state index in [-0.39, 0.29) is 5.91 Å². The first-order chi connectivity index (χ1) is 13.3. The average Bonchev–Trinajstić information content (AvgIpc) is 3.39. The summed E-state index contributed by atoms with van der Waals surface area (Å²) in [4.78, 5) is 20.8. The van der Waals surface area contributed by atoms with Gasteiger partial charge in [0.05, 0.1) is 6.20 Å². The van der Waals surface area contributed by atoms with E-state index in [1.165, 1.54) is 6.20 Å². The summed E-state index contributed by atoms with van der Waals surface area (Å²) in [7, 11) is 0. The third kappa shape index (κ3) is 3.74. The number of benzene rings is 1. The van der Waals surface area contributed by atoms with Crippen molar-refractivity contribution in [2.45, 2.75) is 6.42 Å². The van der Waals surface area contributed by atoms with E-state index in [1.807, 2.05) is 36.4 Å². The van der Waals surface area contributed by atoms with E-state index < -0.39 is 0 Å². The highest BCUT2D eigenvalue weighted by Gasteiger charge is 2.17. The second-order valence-corrected chi connectivity index (χ2v) is 5.69. The van der Waals surface area contributed by atoms with Crippen molar-refractivity contribution < 1.29 is 13.8 Å². The van der Waals surface area contributed by atoms with Crippen LogP contribution in [0.2, 0.25) is 0 Å². The minimum absolute atomic E-state index is 0.276. The molecule has 0 aliphatic carbocycles. The van der Waals surface area contributed by atoms with Gasteiger partial charge in [0.1, 0.15) is 5.56 Å². The van der Waals surface area contributed by atoms with Crippen molar-refractivity contribution >= 4 is 5.91 Å². The Hall–Kier alpha value is -3.81. The quantitative estimate of drug-likeness (QED) is 0.562. The van der Waals surface area contributed by atoms with Crippen molar-refractivity contribution in [3.05, 3.63) is 72.5 Å². The molecule has 1 aromatic carbocycles. The standard InChI is InChI=1S/C19H15N5O3/c25-19(15-12-22-27-17(15)13-5-2-1-3-6-13)21-10-8-16-23-18(24-26-16)14-7-4-9-20-11-14/h1-7,9,11-12H,8,10H2,(H,21,25). The zero-order valence-corrected chi connectivity index (χ0v) is 14.2. The first-order valence-electron chi connectivity index (χ1n) is 8.32. The van der Waals surface area contributed by atoms with Gasteiger partial charge < -0.3 is 14.4 Å². The minimum atomic E-state index is -0.276. The van der Waals surface area contributed by atoms with E-state index in [0.29, 0.717) is 36.0 Å². The topological polar surface area (TPSA) is 107 Å². The summed E-state index contributed by atoms with van der Waals surface area (Å²) < 4.78 is 10.4. The lowest BCUT2D eigenvalue weighted by atomic mass is 10.1. The molecule has 1 amide bonds. The smallest absolute Gasteiger partial charge is 0.256 e. The van der Waals surface area contributed by atoms with E-state index in [9.17, 15) is 4.79 Å². The van der Waals surface area contributed by atoms with Gasteiger partial charge in [-0.05, 0) is 12.1 Å². The highest BCUT2D eigenvalue weighted by Crippen LogP contribution is 2.23. The van der Waals surface area contributed by atoms with Gasteiger partial charge in [-0.3, -0.25) is 9.78 Å². The molecule has 0 aliphatic rings. The SMILES string of the molecule is O=C(NCCc1nc(-c2cccnc2)no1)c1cnoc1-c1ccccc1. The highest BCUT2D eigenvalue weighted by atomic mass is 16.5. The van der Waals surface area contributed by atoms with Gasteiger partial charge in [-0.25, -0.2) is 0 Å². The maximum atomic E-state index is 12.4. The lowest BCUT2D eigenvalue weighted by Gasteiger charge is -2.03. The Kier molecular flexibility index (Phi) is 4.69. The predicted octanol–water partition coefficient (Wildman–Crippen LogP) is 2.76. The molecular formula is C19H15N5O3. The Labute approximate surface area is 154 Å². The zero-order valence-electron chi connectivity index (χ0n) is 14.2. The van der Waals surface area contributed by atoms with Gasteiger partial charge in [0.2, 0.25) is 11.7 Å². The van der Waals surface area contributed by atoms with Crippen LogP contribution in [0.15, 0.2) is 70.1 Å². The van der Waals surface area contributed by atoms with Crippen molar-refractivity contribution in [1.82, 2.24) is 25.6 Å².